The lowest BCUT2D eigenvalue weighted by molar-refractivity contribution is -0.122. The Kier molecular flexibility index (Phi) is 7.21. The van der Waals surface area contributed by atoms with Crippen LogP contribution in [0.15, 0.2) is 41.5 Å². The first kappa shape index (κ1) is 20.3. The van der Waals surface area contributed by atoms with Crippen molar-refractivity contribution in [3.05, 3.63) is 52.7 Å². The molecule has 144 valence electrons. The number of rotatable bonds is 4. The molecule has 1 aliphatic rings. The second-order valence-electron chi connectivity index (χ2n) is 6.17. The van der Waals surface area contributed by atoms with E-state index in [1.807, 2.05) is 19.2 Å². The summed E-state index contributed by atoms with van der Waals surface area (Å²) in [4.78, 5) is 40.0. The number of aliphatic hydroxyl groups excluding tert-OH is 1. The lowest BCUT2D eigenvalue weighted by atomic mass is 10.1. The van der Waals surface area contributed by atoms with Gasteiger partial charge in [0, 0.05) is 42.1 Å². The van der Waals surface area contributed by atoms with Crippen molar-refractivity contribution in [1.82, 2.24) is 20.2 Å². The summed E-state index contributed by atoms with van der Waals surface area (Å²) in [5, 5.41) is 19.2. The molecular formula is C18H22N4O5. The Labute approximate surface area is 155 Å². The molecule has 2 heterocycles. The van der Waals surface area contributed by atoms with Crippen LogP contribution in [0.5, 0.6) is 0 Å². The van der Waals surface area contributed by atoms with Gasteiger partial charge in [0.05, 0.1) is 6.61 Å². The molecule has 0 saturated carbocycles. The lowest BCUT2D eigenvalue weighted by Gasteiger charge is -2.15. The van der Waals surface area contributed by atoms with Crippen LogP contribution >= 0.6 is 0 Å². The van der Waals surface area contributed by atoms with Gasteiger partial charge < -0.3 is 20.5 Å². The first-order valence-electron chi connectivity index (χ1n) is 8.33. The Morgan fingerprint density at radius 3 is 2.56 bits per heavy atom. The molecule has 0 bridgehead atoms. The van der Waals surface area contributed by atoms with Crippen LogP contribution < -0.4 is 11.0 Å². The second kappa shape index (κ2) is 9.60. The summed E-state index contributed by atoms with van der Waals surface area (Å²) in [6.45, 7) is 0.586. The van der Waals surface area contributed by atoms with Gasteiger partial charge in [-0.3, -0.25) is 14.5 Å². The molecule has 2 atom stereocenters. The monoisotopic (exact) mass is 374 g/mol. The minimum absolute atomic E-state index is 0.0442. The number of aromatic amines is 1. The Bertz CT molecular complexity index is 801. The number of carbonyl (C=O) groups is 2. The third-order valence-corrected chi connectivity index (χ3v) is 4.39. The van der Waals surface area contributed by atoms with E-state index in [0.29, 0.717) is 5.56 Å². The molecule has 2 aromatic rings. The van der Waals surface area contributed by atoms with Crippen molar-refractivity contribution in [3.63, 3.8) is 0 Å². The summed E-state index contributed by atoms with van der Waals surface area (Å²) in [6, 6.07) is 7.28. The number of amides is 1. The third kappa shape index (κ3) is 5.47. The van der Waals surface area contributed by atoms with Crippen LogP contribution in [-0.2, 0) is 4.79 Å². The van der Waals surface area contributed by atoms with Crippen molar-refractivity contribution >= 4 is 12.4 Å². The zero-order valence-electron chi connectivity index (χ0n) is 14.8. The SMILES string of the molecule is CN1C[C@H](NC(=O)c2ccc(-c3cnc(=O)[nH]c3)cc2)C[C@H]1CO.O=CO. The summed E-state index contributed by atoms with van der Waals surface area (Å²) in [5.74, 6) is -0.127. The van der Waals surface area contributed by atoms with Gasteiger partial charge in [-0.05, 0) is 31.2 Å². The molecule has 0 aliphatic carbocycles. The number of likely N-dealkylation sites (tertiary alicyclic amines) is 1. The van der Waals surface area contributed by atoms with Crippen LogP contribution in [0.1, 0.15) is 16.8 Å². The van der Waals surface area contributed by atoms with Gasteiger partial charge in [0.25, 0.3) is 12.4 Å². The molecule has 9 nitrogen and oxygen atoms in total. The molecular weight excluding hydrogens is 352 g/mol. The summed E-state index contributed by atoms with van der Waals surface area (Å²) < 4.78 is 0. The molecule has 1 aromatic heterocycles. The number of aromatic nitrogens is 2. The van der Waals surface area contributed by atoms with Gasteiger partial charge in [-0.2, -0.15) is 0 Å². The fourth-order valence-corrected chi connectivity index (χ4v) is 2.98. The molecule has 27 heavy (non-hydrogen) atoms. The van der Waals surface area contributed by atoms with Crippen molar-refractivity contribution in [3.8, 4) is 11.1 Å². The van der Waals surface area contributed by atoms with Crippen LogP contribution in [0.4, 0.5) is 0 Å². The molecule has 0 radical (unpaired) electrons. The van der Waals surface area contributed by atoms with Crippen LogP contribution in [-0.4, -0.2) is 69.7 Å². The molecule has 0 spiro atoms. The number of carbonyl (C=O) groups excluding carboxylic acids is 1. The van der Waals surface area contributed by atoms with Gasteiger partial charge in [0.2, 0.25) is 0 Å². The molecule has 1 saturated heterocycles. The zero-order chi connectivity index (χ0) is 19.8. The van der Waals surface area contributed by atoms with Gasteiger partial charge >= 0.3 is 5.69 Å². The van der Waals surface area contributed by atoms with Crippen molar-refractivity contribution in [2.75, 3.05) is 20.2 Å². The standard InChI is InChI=1S/C17H20N4O3.CH2O2/c1-21-9-14(6-15(21)10-22)20-16(23)12-4-2-11(3-5-12)13-7-18-17(24)19-8-13;2-1-3/h2-5,7-8,14-15,22H,6,9-10H2,1H3,(H,20,23)(H,18,19,24);1H,(H,2,3)/t14-,15+;/m1./s1. The summed E-state index contributed by atoms with van der Waals surface area (Å²) >= 11 is 0. The highest BCUT2D eigenvalue weighted by Crippen LogP contribution is 2.18. The second-order valence-corrected chi connectivity index (χ2v) is 6.17. The van der Waals surface area contributed by atoms with Crippen molar-refractivity contribution in [2.45, 2.75) is 18.5 Å². The van der Waals surface area contributed by atoms with Gasteiger partial charge in [-0.1, -0.05) is 12.1 Å². The molecule has 1 aromatic carbocycles. The number of nitrogens with zero attached hydrogens (tertiary/aromatic N) is 2. The maximum atomic E-state index is 12.3. The summed E-state index contributed by atoms with van der Waals surface area (Å²) in [5.41, 5.74) is 1.84. The average Bonchev–Trinajstić information content (AvgIpc) is 3.02. The predicted octanol–water partition coefficient (Wildman–Crippen LogP) is -0.0675. The van der Waals surface area contributed by atoms with Crippen molar-refractivity contribution < 1.29 is 19.8 Å². The number of aliphatic hydroxyl groups is 1. The molecule has 0 unspecified atom stereocenters. The normalized spacial score (nSPS) is 19.0. The maximum absolute atomic E-state index is 12.3. The minimum Gasteiger partial charge on any atom is -0.483 e. The van der Waals surface area contributed by atoms with Gasteiger partial charge in [0.1, 0.15) is 0 Å². The van der Waals surface area contributed by atoms with Crippen LogP contribution in [0, 0.1) is 0 Å². The largest absolute Gasteiger partial charge is 0.483 e. The summed E-state index contributed by atoms with van der Waals surface area (Å²) in [6.07, 6.45) is 3.84. The van der Waals surface area contributed by atoms with Gasteiger partial charge in [0.15, 0.2) is 0 Å². The number of nitrogens with one attached hydrogen (secondary N) is 2. The number of H-pyrrole nitrogens is 1. The first-order valence-corrected chi connectivity index (χ1v) is 8.33. The Balaban J connectivity index is 0.000000817. The van der Waals surface area contributed by atoms with Gasteiger partial charge in [-0.15, -0.1) is 0 Å². The molecule has 9 heteroatoms. The molecule has 1 amide bonds. The zero-order valence-corrected chi connectivity index (χ0v) is 14.8. The topological polar surface area (TPSA) is 136 Å². The van der Waals surface area contributed by atoms with E-state index in [2.05, 4.69) is 20.2 Å². The van der Waals surface area contributed by atoms with Gasteiger partial charge in [-0.25, -0.2) is 9.78 Å². The predicted molar refractivity (Wildman–Crippen MR) is 98.4 cm³/mol. The molecule has 3 rings (SSSR count). The van der Waals surface area contributed by atoms with E-state index in [1.54, 1.807) is 18.3 Å². The molecule has 1 aliphatic heterocycles. The lowest BCUT2D eigenvalue weighted by Crippen LogP contribution is -2.36. The van der Waals surface area contributed by atoms with E-state index >= 15 is 0 Å². The number of carboxylic acid groups (broad SMARTS) is 1. The van der Waals surface area contributed by atoms with E-state index < -0.39 is 5.69 Å². The number of benzene rings is 1. The fraction of sp³-hybridized carbons (Fsp3) is 0.333. The van der Waals surface area contributed by atoms with E-state index in [9.17, 15) is 14.7 Å². The van der Waals surface area contributed by atoms with Crippen LogP contribution in [0.2, 0.25) is 0 Å². The van der Waals surface area contributed by atoms with Crippen molar-refractivity contribution in [1.29, 1.82) is 0 Å². The molecule has 1 fully saturated rings. The Hall–Kier alpha value is -3.04. The van der Waals surface area contributed by atoms with E-state index in [-0.39, 0.29) is 31.1 Å². The Morgan fingerprint density at radius 2 is 2.04 bits per heavy atom. The highest BCUT2D eigenvalue weighted by molar-refractivity contribution is 5.94. The van der Waals surface area contributed by atoms with E-state index in [0.717, 1.165) is 24.1 Å². The van der Waals surface area contributed by atoms with E-state index in [4.69, 9.17) is 9.90 Å². The van der Waals surface area contributed by atoms with Crippen LogP contribution in [0.3, 0.4) is 0 Å². The quantitative estimate of drug-likeness (QED) is 0.550. The fourth-order valence-electron chi connectivity index (χ4n) is 2.98. The molecule has 4 N–H and O–H groups in total. The smallest absolute Gasteiger partial charge is 0.344 e. The third-order valence-electron chi connectivity index (χ3n) is 4.39. The minimum atomic E-state index is -0.391. The summed E-state index contributed by atoms with van der Waals surface area (Å²) in [7, 11) is 1.94. The van der Waals surface area contributed by atoms with Crippen LogP contribution in [0.25, 0.3) is 11.1 Å². The Morgan fingerprint density at radius 1 is 1.37 bits per heavy atom. The van der Waals surface area contributed by atoms with Crippen molar-refractivity contribution in [2.24, 2.45) is 0 Å². The first-order chi connectivity index (χ1) is 13.0. The highest BCUT2D eigenvalue weighted by atomic mass is 16.3. The number of hydrogen-bond donors (Lipinski definition) is 4. The van der Waals surface area contributed by atoms with E-state index in [1.165, 1.54) is 6.20 Å². The maximum Gasteiger partial charge on any atom is 0.344 e. The number of hydrogen-bond acceptors (Lipinski definition) is 6. The average molecular weight is 374 g/mol. The number of likely N-dealkylation sites (N-methyl/N-ethyl adjacent to an activating group) is 1. The highest BCUT2D eigenvalue weighted by Gasteiger charge is 2.29.